The second-order valence-electron chi connectivity index (χ2n) is 5.33. The summed E-state index contributed by atoms with van der Waals surface area (Å²) in [6.45, 7) is 0.339. The lowest BCUT2D eigenvalue weighted by Gasteiger charge is -2.16. The van der Waals surface area contributed by atoms with Gasteiger partial charge in [0, 0.05) is 12.4 Å². The smallest absolute Gasteiger partial charge is 0.187 e. The van der Waals surface area contributed by atoms with Crippen molar-refractivity contribution < 1.29 is 13.2 Å². The third kappa shape index (κ3) is 4.28. The molecule has 0 spiro atoms. The number of nitrogens with zero attached hydrogens (tertiary/aromatic N) is 3. The maximum Gasteiger partial charge on any atom is 0.187 e. The molecule has 0 fully saturated rings. The van der Waals surface area contributed by atoms with E-state index in [-0.39, 0.29) is 16.4 Å². The minimum Gasteiger partial charge on any atom is -0.455 e. The number of aromatic nitrogens is 1. The van der Waals surface area contributed by atoms with Gasteiger partial charge < -0.3 is 10.2 Å². The Morgan fingerprint density at radius 1 is 1.27 bits per heavy atom. The van der Waals surface area contributed by atoms with Crippen molar-refractivity contribution in [2.45, 2.75) is 6.54 Å². The second-order valence-corrected chi connectivity index (χ2v) is 5.75. The molecule has 8 heteroatoms. The quantitative estimate of drug-likeness (QED) is 0.420. The first-order chi connectivity index (χ1) is 12.5. The molecule has 0 aliphatic heterocycles. The molecule has 3 rings (SSSR count). The van der Waals surface area contributed by atoms with Crippen LogP contribution in [-0.4, -0.2) is 21.3 Å². The fourth-order valence-electron chi connectivity index (χ4n) is 2.22. The molecule has 3 aromatic rings. The van der Waals surface area contributed by atoms with E-state index in [1.54, 1.807) is 24.5 Å². The van der Waals surface area contributed by atoms with Gasteiger partial charge in [0.15, 0.2) is 5.11 Å². The number of rotatable bonds is 5. The first-order valence-electron chi connectivity index (χ1n) is 7.58. The van der Waals surface area contributed by atoms with Crippen LogP contribution in [0, 0.1) is 11.6 Å². The van der Waals surface area contributed by atoms with Gasteiger partial charge in [-0.3, -0.25) is 4.98 Å². The predicted octanol–water partition coefficient (Wildman–Crippen LogP) is 3.70. The molecule has 1 aromatic carbocycles. The SMILES string of the molecule is NC(=S)N(Cc1cccnc1)N=Cc1ccc(-c2cc(F)ccc2F)o1. The molecule has 5 nitrogen and oxygen atoms in total. The molecule has 0 saturated heterocycles. The highest BCUT2D eigenvalue weighted by atomic mass is 32.1. The van der Waals surface area contributed by atoms with Crippen molar-refractivity contribution in [2.75, 3.05) is 0 Å². The summed E-state index contributed by atoms with van der Waals surface area (Å²) in [7, 11) is 0. The van der Waals surface area contributed by atoms with E-state index in [0.29, 0.717) is 12.3 Å². The molecule has 0 aliphatic rings. The number of nitrogens with two attached hydrogens (primary N) is 1. The Morgan fingerprint density at radius 3 is 2.85 bits per heavy atom. The van der Waals surface area contributed by atoms with Crippen molar-refractivity contribution in [2.24, 2.45) is 10.8 Å². The van der Waals surface area contributed by atoms with Crippen molar-refractivity contribution in [1.82, 2.24) is 9.99 Å². The van der Waals surface area contributed by atoms with Gasteiger partial charge in [0.2, 0.25) is 0 Å². The lowest BCUT2D eigenvalue weighted by Crippen LogP contribution is -2.30. The maximum absolute atomic E-state index is 13.8. The Hall–Kier alpha value is -3.13. The Morgan fingerprint density at radius 2 is 2.12 bits per heavy atom. The molecular weight excluding hydrogens is 358 g/mol. The minimum absolute atomic E-state index is 0.0335. The fraction of sp³-hybridized carbons (Fsp3) is 0.0556. The van der Waals surface area contributed by atoms with Gasteiger partial charge >= 0.3 is 0 Å². The number of hydrogen-bond acceptors (Lipinski definition) is 4. The lowest BCUT2D eigenvalue weighted by atomic mass is 10.1. The summed E-state index contributed by atoms with van der Waals surface area (Å²) in [4.78, 5) is 4.02. The number of hydrogen-bond donors (Lipinski definition) is 1. The van der Waals surface area contributed by atoms with E-state index >= 15 is 0 Å². The Kier molecular flexibility index (Phi) is 5.33. The van der Waals surface area contributed by atoms with Crippen LogP contribution in [0.1, 0.15) is 11.3 Å². The van der Waals surface area contributed by atoms with Crippen molar-refractivity contribution >= 4 is 23.5 Å². The third-order valence-electron chi connectivity index (χ3n) is 3.45. The molecule has 0 radical (unpaired) electrons. The third-order valence-corrected chi connectivity index (χ3v) is 3.67. The molecule has 132 valence electrons. The molecule has 2 heterocycles. The lowest BCUT2D eigenvalue weighted by molar-refractivity contribution is 0.442. The van der Waals surface area contributed by atoms with Crippen LogP contribution >= 0.6 is 12.2 Å². The average Bonchev–Trinajstić information content (AvgIpc) is 3.10. The second kappa shape index (κ2) is 7.83. The normalized spacial score (nSPS) is 11.0. The van der Waals surface area contributed by atoms with Crippen LogP contribution in [-0.2, 0) is 6.54 Å². The molecular formula is C18H14F2N4OS. The summed E-state index contributed by atoms with van der Waals surface area (Å²) in [5.74, 6) is -0.594. The zero-order valence-corrected chi connectivity index (χ0v) is 14.3. The molecule has 0 saturated carbocycles. The summed E-state index contributed by atoms with van der Waals surface area (Å²) < 4.78 is 32.6. The molecule has 2 aromatic heterocycles. The van der Waals surface area contributed by atoms with Gasteiger partial charge in [-0.1, -0.05) is 6.07 Å². The maximum atomic E-state index is 13.8. The zero-order chi connectivity index (χ0) is 18.5. The number of furan rings is 1. The van der Waals surface area contributed by atoms with Gasteiger partial charge in [-0.05, 0) is 54.2 Å². The Bertz CT molecular complexity index is 943. The Balaban J connectivity index is 1.78. The molecule has 26 heavy (non-hydrogen) atoms. The van der Waals surface area contributed by atoms with Crippen molar-refractivity contribution in [3.8, 4) is 11.3 Å². The molecule has 2 N–H and O–H groups in total. The molecule has 0 bridgehead atoms. The van der Waals surface area contributed by atoms with Gasteiger partial charge in [0.25, 0.3) is 0 Å². The summed E-state index contributed by atoms with van der Waals surface area (Å²) in [5.41, 5.74) is 6.59. The Labute approximate surface area is 153 Å². The van der Waals surface area contributed by atoms with Gasteiger partial charge in [-0.15, -0.1) is 0 Å². The summed E-state index contributed by atoms with van der Waals surface area (Å²) in [6.07, 6.45) is 4.74. The topological polar surface area (TPSA) is 67.7 Å². The van der Waals surface area contributed by atoms with E-state index in [2.05, 4.69) is 10.1 Å². The molecule has 0 aliphatic carbocycles. The molecule has 0 amide bonds. The van der Waals surface area contributed by atoms with Gasteiger partial charge in [0.1, 0.15) is 23.2 Å². The highest BCUT2D eigenvalue weighted by Gasteiger charge is 2.11. The monoisotopic (exact) mass is 372 g/mol. The van der Waals surface area contributed by atoms with E-state index in [1.807, 2.05) is 6.07 Å². The largest absolute Gasteiger partial charge is 0.455 e. The van der Waals surface area contributed by atoms with Crippen molar-refractivity contribution in [3.05, 3.63) is 77.8 Å². The molecule has 0 unspecified atom stereocenters. The first kappa shape index (κ1) is 17.7. The average molecular weight is 372 g/mol. The molecule has 0 atom stereocenters. The standard InChI is InChI=1S/C18H14F2N4OS/c19-13-3-5-16(20)15(8-13)17-6-4-14(25-17)10-23-24(18(21)26)11-12-2-1-7-22-9-12/h1-10H,11H2,(H2,21,26). The highest BCUT2D eigenvalue weighted by molar-refractivity contribution is 7.80. The van der Waals surface area contributed by atoms with Crippen LogP contribution in [0.4, 0.5) is 8.78 Å². The summed E-state index contributed by atoms with van der Waals surface area (Å²) >= 11 is 4.99. The van der Waals surface area contributed by atoms with Gasteiger partial charge in [-0.25, -0.2) is 13.8 Å². The van der Waals surface area contributed by atoms with Crippen LogP contribution < -0.4 is 5.73 Å². The van der Waals surface area contributed by atoms with E-state index < -0.39 is 11.6 Å². The van der Waals surface area contributed by atoms with E-state index in [9.17, 15) is 8.78 Å². The number of benzene rings is 1. The van der Waals surface area contributed by atoms with E-state index in [0.717, 1.165) is 23.8 Å². The van der Waals surface area contributed by atoms with E-state index in [4.69, 9.17) is 22.4 Å². The van der Waals surface area contributed by atoms with Gasteiger partial charge in [-0.2, -0.15) is 5.10 Å². The van der Waals surface area contributed by atoms with Gasteiger partial charge in [0.05, 0.1) is 18.3 Å². The minimum atomic E-state index is -0.578. The highest BCUT2D eigenvalue weighted by Crippen LogP contribution is 2.25. The summed E-state index contributed by atoms with van der Waals surface area (Å²) in [6, 6.07) is 9.94. The predicted molar refractivity (Wildman–Crippen MR) is 98.2 cm³/mol. The van der Waals surface area contributed by atoms with Crippen LogP contribution in [0.3, 0.4) is 0 Å². The number of pyridine rings is 1. The van der Waals surface area contributed by atoms with Crippen LogP contribution in [0.2, 0.25) is 0 Å². The van der Waals surface area contributed by atoms with Crippen LogP contribution in [0.5, 0.6) is 0 Å². The van der Waals surface area contributed by atoms with E-state index in [1.165, 1.54) is 17.3 Å². The van der Waals surface area contributed by atoms with Crippen LogP contribution in [0.25, 0.3) is 11.3 Å². The fourth-order valence-corrected chi connectivity index (χ4v) is 2.33. The number of hydrazone groups is 1. The number of thiocarbonyl (C=S) groups is 1. The first-order valence-corrected chi connectivity index (χ1v) is 7.99. The van der Waals surface area contributed by atoms with Crippen molar-refractivity contribution in [1.29, 1.82) is 0 Å². The number of halogens is 2. The van der Waals surface area contributed by atoms with Crippen LogP contribution in [0.15, 0.2) is 64.4 Å². The summed E-state index contributed by atoms with van der Waals surface area (Å²) in [5, 5.41) is 5.67. The van der Waals surface area contributed by atoms with Crippen molar-refractivity contribution in [3.63, 3.8) is 0 Å². The zero-order valence-electron chi connectivity index (χ0n) is 13.5.